The Morgan fingerprint density at radius 3 is 2.23 bits per heavy atom. The summed E-state index contributed by atoms with van der Waals surface area (Å²) < 4.78 is 0. The van der Waals surface area contributed by atoms with Crippen molar-refractivity contribution in [2.24, 2.45) is 0 Å². The van der Waals surface area contributed by atoms with E-state index in [0.29, 0.717) is 0 Å². The molecule has 0 saturated heterocycles. The van der Waals surface area contributed by atoms with E-state index in [2.05, 4.69) is 48.9 Å². The van der Waals surface area contributed by atoms with Crippen LogP contribution in [0.5, 0.6) is 0 Å². The summed E-state index contributed by atoms with van der Waals surface area (Å²) in [6.45, 7) is 4.21. The summed E-state index contributed by atoms with van der Waals surface area (Å²) in [7, 11) is 0. The maximum Gasteiger partial charge on any atom is 0.0858 e. The lowest BCUT2D eigenvalue weighted by Crippen LogP contribution is -1.90. The maximum absolute atomic E-state index is 4.54. The average Bonchev–Trinajstić information content (AvgIpc) is 2.53. The van der Waals surface area contributed by atoms with Gasteiger partial charge in [0.25, 0.3) is 0 Å². The molecule has 1 nitrogen and oxygen atoms in total. The van der Waals surface area contributed by atoms with Gasteiger partial charge in [-0.05, 0) is 50.2 Å². The van der Waals surface area contributed by atoms with Gasteiger partial charge in [0.1, 0.15) is 0 Å². The molecular weight excluding hydrogens is 266 g/mol. The van der Waals surface area contributed by atoms with Crippen molar-refractivity contribution in [2.75, 3.05) is 0 Å². The molecule has 0 amide bonds. The molecule has 0 radical (unpaired) electrons. The summed E-state index contributed by atoms with van der Waals surface area (Å²) in [5, 5.41) is 0. The van der Waals surface area contributed by atoms with E-state index in [1.807, 2.05) is 48.7 Å². The highest BCUT2D eigenvalue weighted by atomic mass is 14.7. The van der Waals surface area contributed by atoms with Crippen molar-refractivity contribution in [1.29, 1.82) is 0 Å². The Kier molecular flexibility index (Phi) is 4.03. The Labute approximate surface area is 131 Å². The molecule has 0 bridgehead atoms. The third-order valence-electron chi connectivity index (χ3n) is 3.42. The fraction of sp³-hybridized carbons (Fsp3) is 0.0952. The molecule has 0 aliphatic rings. The lowest BCUT2D eigenvalue weighted by molar-refractivity contribution is 1.29. The van der Waals surface area contributed by atoms with Gasteiger partial charge in [-0.2, -0.15) is 0 Å². The van der Waals surface area contributed by atoms with Gasteiger partial charge < -0.3 is 0 Å². The molecule has 0 spiro atoms. The second-order valence-corrected chi connectivity index (χ2v) is 5.39. The molecule has 0 fully saturated rings. The van der Waals surface area contributed by atoms with E-state index in [1.165, 1.54) is 11.1 Å². The minimum absolute atomic E-state index is 0.942. The minimum Gasteiger partial charge on any atom is -0.255 e. The average molecular weight is 283 g/mol. The molecule has 1 heterocycles. The van der Waals surface area contributed by atoms with Crippen LogP contribution in [0.2, 0.25) is 0 Å². The predicted octanol–water partition coefficient (Wildman–Crippen LogP) is 4.77. The van der Waals surface area contributed by atoms with E-state index < -0.39 is 0 Å². The van der Waals surface area contributed by atoms with Crippen molar-refractivity contribution in [3.05, 3.63) is 89.1 Å². The second-order valence-electron chi connectivity index (χ2n) is 5.39. The van der Waals surface area contributed by atoms with Gasteiger partial charge in [0.05, 0.1) is 11.3 Å². The standard InChI is InChI=1S/C21H17N/c1-16-13-17(2)15-20(14-16)21-19(9-6-12-22-21)11-10-18-7-4-3-5-8-18/h3-9,12-15H,1-2H3. The molecule has 3 aromatic rings. The molecule has 1 aromatic heterocycles. The van der Waals surface area contributed by atoms with Crippen LogP contribution < -0.4 is 0 Å². The molecule has 0 aliphatic carbocycles. The molecule has 22 heavy (non-hydrogen) atoms. The SMILES string of the molecule is Cc1cc(C)cc(-c2ncccc2C#Cc2ccccc2)c1. The molecule has 106 valence electrons. The Morgan fingerprint density at radius 2 is 1.50 bits per heavy atom. The zero-order chi connectivity index (χ0) is 15.4. The number of hydrogen-bond acceptors (Lipinski definition) is 1. The van der Waals surface area contributed by atoms with Crippen LogP contribution in [-0.4, -0.2) is 4.98 Å². The van der Waals surface area contributed by atoms with Crippen molar-refractivity contribution >= 4 is 0 Å². The van der Waals surface area contributed by atoms with Gasteiger partial charge in [-0.3, -0.25) is 4.98 Å². The Balaban J connectivity index is 2.06. The van der Waals surface area contributed by atoms with Crippen LogP contribution in [0.3, 0.4) is 0 Å². The van der Waals surface area contributed by atoms with Gasteiger partial charge in [-0.15, -0.1) is 0 Å². The van der Waals surface area contributed by atoms with Gasteiger partial charge >= 0.3 is 0 Å². The third kappa shape index (κ3) is 3.24. The first-order valence-electron chi connectivity index (χ1n) is 7.33. The highest BCUT2D eigenvalue weighted by Crippen LogP contribution is 2.23. The van der Waals surface area contributed by atoms with E-state index in [1.54, 1.807) is 0 Å². The quantitative estimate of drug-likeness (QED) is 0.586. The van der Waals surface area contributed by atoms with Crippen LogP contribution in [0.25, 0.3) is 11.3 Å². The predicted molar refractivity (Wildman–Crippen MR) is 91.6 cm³/mol. The highest BCUT2D eigenvalue weighted by molar-refractivity contribution is 5.68. The van der Waals surface area contributed by atoms with Crippen molar-refractivity contribution in [3.63, 3.8) is 0 Å². The van der Waals surface area contributed by atoms with Gasteiger partial charge in [0.15, 0.2) is 0 Å². The number of hydrogen-bond donors (Lipinski definition) is 0. The summed E-state index contributed by atoms with van der Waals surface area (Å²) in [5.74, 6) is 6.46. The number of nitrogens with zero attached hydrogens (tertiary/aromatic N) is 1. The van der Waals surface area contributed by atoms with Crippen LogP contribution in [-0.2, 0) is 0 Å². The lowest BCUT2D eigenvalue weighted by Gasteiger charge is -2.06. The number of benzene rings is 2. The lowest BCUT2D eigenvalue weighted by atomic mass is 10.0. The molecule has 2 aromatic carbocycles. The molecule has 0 unspecified atom stereocenters. The van der Waals surface area contributed by atoms with Crippen LogP contribution in [0, 0.1) is 25.7 Å². The smallest absolute Gasteiger partial charge is 0.0858 e. The molecule has 0 N–H and O–H groups in total. The summed E-state index contributed by atoms with van der Waals surface area (Å²) in [6, 6.07) is 20.5. The van der Waals surface area contributed by atoms with Gasteiger partial charge in [-0.25, -0.2) is 0 Å². The fourth-order valence-electron chi connectivity index (χ4n) is 2.51. The molecule has 0 saturated carbocycles. The van der Waals surface area contributed by atoms with Crippen molar-refractivity contribution < 1.29 is 0 Å². The zero-order valence-electron chi connectivity index (χ0n) is 12.8. The Morgan fingerprint density at radius 1 is 0.773 bits per heavy atom. The van der Waals surface area contributed by atoms with E-state index in [-0.39, 0.29) is 0 Å². The van der Waals surface area contributed by atoms with Gasteiger partial charge in [0.2, 0.25) is 0 Å². The third-order valence-corrected chi connectivity index (χ3v) is 3.42. The molecule has 3 rings (SSSR count). The number of rotatable bonds is 1. The molecule has 0 atom stereocenters. The van der Waals surface area contributed by atoms with Crippen LogP contribution in [0.1, 0.15) is 22.3 Å². The first-order chi connectivity index (χ1) is 10.7. The van der Waals surface area contributed by atoms with E-state index in [9.17, 15) is 0 Å². The number of pyridine rings is 1. The summed E-state index contributed by atoms with van der Waals surface area (Å²) in [6.07, 6.45) is 1.82. The largest absolute Gasteiger partial charge is 0.255 e. The normalized spacial score (nSPS) is 9.91. The van der Waals surface area contributed by atoms with Crippen molar-refractivity contribution in [3.8, 4) is 23.1 Å². The Hall–Kier alpha value is -2.85. The van der Waals surface area contributed by atoms with Crippen LogP contribution in [0.4, 0.5) is 0 Å². The number of aromatic nitrogens is 1. The van der Waals surface area contributed by atoms with Crippen LogP contribution in [0.15, 0.2) is 66.9 Å². The van der Waals surface area contributed by atoms with Gasteiger partial charge in [0, 0.05) is 17.3 Å². The maximum atomic E-state index is 4.54. The first kappa shape index (κ1) is 14.1. The van der Waals surface area contributed by atoms with E-state index >= 15 is 0 Å². The topological polar surface area (TPSA) is 12.9 Å². The zero-order valence-corrected chi connectivity index (χ0v) is 12.8. The molecular formula is C21H17N. The highest BCUT2D eigenvalue weighted by Gasteiger charge is 2.05. The van der Waals surface area contributed by atoms with E-state index in [4.69, 9.17) is 0 Å². The molecule has 0 aliphatic heterocycles. The fourth-order valence-corrected chi connectivity index (χ4v) is 2.51. The summed E-state index contributed by atoms with van der Waals surface area (Å²) in [5.41, 5.74) is 6.51. The second kappa shape index (κ2) is 6.28. The van der Waals surface area contributed by atoms with E-state index in [0.717, 1.165) is 22.4 Å². The van der Waals surface area contributed by atoms with Gasteiger partial charge in [-0.1, -0.05) is 47.2 Å². The summed E-state index contributed by atoms with van der Waals surface area (Å²) >= 11 is 0. The van der Waals surface area contributed by atoms with Crippen molar-refractivity contribution in [2.45, 2.75) is 13.8 Å². The molecule has 1 heteroatoms. The summed E-state index contributed by atoms with van der Waals surface area (Å²) in [4.78, 5) is 4.54. The van der Waals surface area contributed by atoms with Crippen molar-refractivity contribution in [1.82, 2.24) is 4.98 Å². The van der Waals surface area contributed by atoms with Crippen LogP contribution >= 0.6 is 0 Å². The monoisotopic (exact) mass is 283 g/mol. The first-order valence-corrected chi connectivity index (χ1v) is 7.33. The Bertz CT molecular complexity index is 832. The minimum atomic E-state index is 0.942. The number of aryl methyl sites for hydroxylation is 2.